The number of carbonyl (C=O) groups is 1. The molecule has 0 saturated carbocycles. The summed E-state index contributed by atoms with van der Waals surface area (Å²) in [6, 6.07) is 9.48. The van der Waals surface area contributed by atoms with E-state index in [1.165, 1.54) is 7.11 Å². The van der Waals surface area contributed by atoms with Gasteiger partial charge in [0.2, 0.25) is 5.89 Å². The van der Waals surface area contributed by atoms with Crippen LogP contribution < -0.4 is 0 Å². The summed E-state index contributed by atoms with van der Waals surface area (Å²) < 4.78 is 10.7. The maximum atomic E-state index is 13.0. The van der Waals surface area contributed by atoms with Crippen molar-refractivity contribution in [2.24, 2.45) is 0 Å². The number of aromatic nitrogens is 2. The highest BCUT2D eigenvalue weighted by atomic mass is 16.5. The van der Waals surface area contributed by atoms with Crippen LogP contribution in [0.4, 0.5) is 0 Å². The summed E-state index contributed by atoms with van der Waals surface area (Å²) in [6.45, 7) is 4.66. The first kappa shape index (κ1) is 17.2. The number of nitrogens with zero attached hydrogens (tertiary/aromatic N) is 3. The second-order valence-electron chi connectivity index (χ2n) is 6.43. The van der Waals surface area contributed by atoms with Crippen molar-refractivity contribution >= 4 is 12.0 Å². The monoisotopic (exact) mass is 341 g/mol. The van der Waals surface area contributed by atoms with Crippen LogP contribution in [0.1, 0.15) is 55.9 Å². The van der Waals surface area contributed by atoms with Crippen LogP contribution in [0.3, 0.4) is 0 Å². The SMILES string of the molecule is CO/C(=C\c1ccccc1)C(=O)N1CCCC1c1noc(C(C)C)n1. The van der Waals surface area contributed by atoms with E-state index in [1.807, 2.05) is 44.2 Å². The van der Waals surface area contributed by atoms with Crippen LogP contribution in [0, 0.1) is 0 Å². The van der Waals surface area contributed by atoms with Gasteiger partial charge in [-0.05, 0) is 24.5 Å². The first-order valence-electron chi connectivity index (χ1n) is 8.55. The van der Waals surface area contributed by atoms with E-state index in [1.54, 1.807) is 11.0 Å². The summed E-state index contributed by atoms with van der Waals surface area (Å²) in [5, 5.41) is 4.08. The van der Waals surface area contributed by atoms with E-state index in [2.05, 4.69) is 10.1 Å². The summed E-state index contributed by atoms with van der Waals surface area (Å²) in [7, 11) is 1.52. The molecule has 1 aliphatic rings. The Kier molecular flexibility index (Phi) is 5.16. The van der Waals surface area contributed by atoms with Crippen LogP contribution in [0.2, 0.25) is 0 Å². The van der Waals surface area contributed by atoms with Gasteiger partial charge in [-0.1, -0.05) is 49.3 Å². The van der Waals surface area contributed by atoms with Crippen molar-refractivity contribution in [3.05, 3.63) is 53.4 Å². The molecule has 6 nitrogen and oxygen atoms in total. The summed E-state index contributed by atoms with van der Waals surface area (Å²) in [4.78, 5) is 19.2. The van der Waals surface area contributed by atoms with Crippen molar-refractivity contribution < 1.29 is 14.1 Å². The van der Waals surface area contributed by atoms with Gasteiger partial charge in [0.15, 0.2) is 11.6 Å². The third-order valence-electron chi connectivity index (χ3n) is 4.29. The lowest BCUT2D eigenvalue weighted by Gasteiger charge is -2.23. The molecular weight excluding hydrogens is 318 g/mol. The molecule has 1 fully saturated rings. The molecule has 1 aromatic carbocycles. The lowest BCUT2D eigenvalue weighted by atomic mass is 10.1. The predicted octanol–water partition coefficient (Wildman–Crippen LogP) is 3.54. The Morgan fingerprint density at radius 1 is 1.36 bits per heavy atom. The molecule has 2 aromatic rings. The molecule has 1 atom stereocenters. The van der Waals surface area contributed by atoms with Gasteiger partial charge in [0.1, 0.15) is 0 Å². The van der Waals surface area contributed by atoms with Gasteiger partial charge in [-0.25, -0.2) is 0 Å². The normalized spacial score (nSPS) is 18.0. The molecule has 0 spiro atoms. The van der Waals surface area contributed by atoms with E-state index >= 15 is 0 Å². The van der Waals surface area contributed by atoms with Gasteiger partial charge in [0, 0.05) is 12.5 Å². The predicted molar refractivity (Wildman–Crippen MR) is 93.5 cm³/mol. The molecule has 1 saturated heterocycles. The van der Waals surface area contributed by atoms with Gasteiger partial charge in [0.25, 0.3) is 5.91 Å². The standard InChI is InChI=1S/C19H23N3O3/c1-13(2)18-20-17(21-25-18)15-10-7-11-22(15)19(23)16(24-3)12-14-8-5-4-6-9-14/h4-6,8-9,12-13,15H,7,10-11H2,1-3H3/b16-12-. The number of hydrogen-bond acceptors (Lipinski definition) is 5. The number of carbonyl (C=O) groups excluding carboxylic acids is 1. The van der Waals surface area contributed by atoms with Crippen molar-refractivity contribution in [1.82, 2.24) is 15.0 Å². The van der Waals surface area contributed by atoms with Gasteiger partial charge in [-0.15, -0.1) is 0 Å². The number of amides is 1. The minimum atomic E-state index is -0.168. The van der Waals surface area contributed by atoms with E-state index in [4.69, 9.17) is 9.26 Å². The molecule has 2 heterocycles. The zero-order valence-corrected chi connectivity index (χ0v) is 14.8. The highest BCUT2D eigenvalue weighted by molar-refractivity contribution is 5.96. The molecular formula is C19H23N3O3. The van der Waals surface area contributed by atoms with Crippen LogP contribution in [0.5, 0.6) is 0 Å². The Labute approximate surface area is 147 Å². The maximum absolute atomic E-state index is 13.0. The molecule has 3 rings (SSSR count). The van der Waals surface area contributed by atoms with Crippen LogP contribution in [-0.4, -0.2) is 34.6 Å². The van der Waals surface area contributed by atoms with Gasteiger partial charge in [-0.3, -0.25) is 4.79 Å². The molecule has 0 radical (unpaired) electrons. The fraction of sp³-hybridized carbons (Fsp3) is 0.421. The van der Waals surface area contributed by atoms with Crippen molar-refractivity contribution in [3.8, 4) is 0 Å². The smallest absolute Gasteiger partial charge is 0.289 e. The average Bonchev–Trinajstić information content (AvgIpc) is 3.28. The largest absolute Gasteiger partial charge is 0.491 e. The van der Waals surface area contributed by atoms with Crippen LogP contribution in [0.25, 0.3) is 6.08 Å². The molecule has 0 aliphatic carbocycles. The zero-order valence-electron chi connectivity index (χ0n) is 14.8. The second-order valence-corrected chi connectivity index (χ2v) is 6.43. The summed E-state index contributed by atoms with van der Waals surface area (Å²) in [6.07, 6.45) is 3.49. The van der Waals surface area contributed by atoms with Crippen LogP contribution in [-0.2, 0) is 9.53 Å². The molecule has 25 heavy (non-hydrogen) atoms. The molecule has 1 aliphatic heterocycles. The quantitative estimate of drug-likeness (QED) is 0.614. The highest BCUT2D eigenvalue weighted by Crippen LogP contribution is 2.32. The first-order chi connectivity index (χ1) is 12.1. The Morgan fingerprint density at radius 2 is 2.12 bits per heavy atom. The number of ether oxygens (including phenoxy) is 1. The van der Waals surface area contributed by atoms with Crippen LogP contribution >= 0.6 is 0 Å². The van der Waals surface area contributed by atoms with Gasteiger partial charge in [-0.2, -0.15) is 4.98 Å². The molecule has 6 heteroatoms. The van der Waals surface area contributed by atoms with E-state index in [0.29, 0.717) is 24.0 Å². The summed E-state index contributed by atoms with van der Waals surface area (Å²) in [5.74, 6) is 1.50. The Morgan fingerprint density at radius 3 is 2.76 bits per heavy atom. The number of rotatable bonds is 5. The van der Waals surface area contributed by atoms with Crippen molar-refractivity contribution in [2.45, 2.75) is 38.6 Å². The Bertz CT molecular complexity index is 752. The Balaban J connectivity index is 1.83. The number of hydrogen-bond donors (Lipinski definition) is 0. The minimum absolute atomic E-state index is 0.148. The van der Waals surface area contributed by atoms with Crippen LogP contribution in [0.15, 0.2) is 40.6 Å². The van der Waals surface area contributed by atoms with Crippen molar-refractivity contribution in [2.75, 3.05) is 13.7 Å². The summed E-state index contributed by atoms with van der Waals surface area (Å²) >= 11 is 0. The van der Waals surface area contributed by atoms with Gasteiger partial charge >= 0.3 is 0 Å². The molecule has 1 unspecified atom stereocenters. The third-order valence-corrected chi connectivity index (χ3v) is 4.29. The van der Waals surface area contributed by atoms with E-state index < -0.39 is 0 Å². The molecule has 0 bridgehead atoms. The zero-order chi connectivity index (χ0) is 17.8. The number of methoxy groups -OCH3 is 1. The minimum Gasteiger partial charge on any atom is -0.491 e. The Hall–Kier alpha value is -2.63. The highest BCUT2D eigenvalue weighted by Gasteiger charge is 2.35. The fourth-order valence-electron chi connectivity index (χ4n) is 2.95. The third kappa shape index (κ3) is 3.73. The van der Waals surface area contributed by atoms with Crippen molar-refractivity contribution in [1.29, 1.82) is 0 Å². The molecule has 1 aromatic heterocycles. The van der Waals surface area contributed by atoms with E-state index in [-0.39, 0.29) is 17.9 Å². The lowest BCUT2D eigenvalue weighted by molar-refractivity contribution is -0.131. The maximum Gasteiger partial charge on any atom is 0.289 e. The van der Waals surface area contributed by atoms with Crippen molar-refractivity contribution in [3.63, 3.8) is 0 Å². The fourth-order valence-corrected chi connectivity index (χ4v) is 2.95. The molecule has 132 valence electrons. The topological polar surface area (TPSA) is 68.5 Å². The van der Waals surface area contributed by atoms with E-state index in [9.17, 15) is 4.79 Å². The number of benzene rings is 1. The first-order valence-corrected chi connectivity index (χ1v) is 8.55. The number of likely N-dealkylation sites (tertiary alicyclic amines) is 1. The average molecular weight is 341 g/mol. The van der Waals surface area contributed by atoms with Gasteiger partial charge < -0.3 is 14.2 Å². The summed E-state index contributed by atoms with van der Waals surface area (Å²) in [5.41, 5.74) is 0.921. The second kappa shape index (κ2) is 7.51. The van der Waals surface area contributed by atoms with E-state index in [0.717, 1.165) is 18.4 Å². The molecule has 0 N–H and O–H groups in total. The van der Waals surface area contributed by atoms with Gasteiger partial charge in [0.05, 0.1) is 13.2 Å². The molecule has 1 amide bonds. The lowest BCUT2D eigenvalue weighted by Crippen LogP contribution is -2.32.